The number of amides is 1. The molecule has 4 heteroatoms. The van der Waals surface area contributed by atoms with Gasteiger partial charge in [0.05, 0.1) is 0 Å². The Morgan fingerprint density at radius 3 is 2.62 bits per heavy atom. The van der Waals surface area contributed by atoms with Crippen LogP contribution in [-0.2, 0) is 4.79 Å². The lowest BCUT2D eigenvalue weighted by Crippen LogP contribution is -2.46. The van der Waals surface area contributed by atoms with Crippen molar-refractivity contribution in [2.45, 2.75) is 45.1 Å². The summed E-state index contributed by atoms with van der Waals surface area (Å²) >= 11 is 0. The number of hydrogen-bond donors (Lipinski definition) is 2. The van der Waals surface area contributed by atoms with E-state index < -0.39 is 0 Å². The lowest BCUT2D eigenvalue weighted by atomic mass is 9.83. The molecule has 2 unspecified atom stereocenters. The molecular weight excluding hydrogens is 202 g/mol. The first-order valence-corrected chi connectivity index (χ1v) is 6.41. The molecule has 0 saturated heterocycles. The minimum absolute atomic E-state index is 0.210. The summed E-state index contributed by atoms with van der Waals surface area (Å²) in [6.45, 7) is 4.67. The third-order valence-electron chi connectivity index (χ3n) is 3.69. The standard InChI is InChI=1S/C12H25N3O/c1-2-15(8-7-12(14)16)11-6-4-3-5-10(11)9-13/h10-11H,2-9,13H2,1H3,(H2,14,16). The Bertz CT molecular complexity index is 220. The van der Waals surface area contributed by atoms with E-state index in [1.165, 1.54) is 25.7 Å². The number of carbonyl (C=O) groups is 1. The Morgan fingerprint density at radius 2 is 2.06 bits per heavy atom. The van der Waals surface area contributed by atoms with Gasteiger partial charge in [0.15, 0.2) is 0 Å². The van der Waals surface area contributed by atoms with E-state index in [9.17, 15) is 4.79 Å². The van der Waals surface area contributed by atoms with E-state index in [-0.39, 0.29) is 5.91 Å². The predicted octanol–water partition coefficient (Wildman–Crippen LogP) is 0.701. The molecular formula is C12H25N3O. The molecule has 0 aliphatic heterocycles. The zero-order valence-electron chi connectivity index (χ0n) is 10.3. The Labute approximate surface area is 98.3 Å². The third-order valence-corrected chi connectivity index (χ3v) is 3.69. The fraction of sp³-hybridized carbons (Fsp3) is 0.917. The topological polar surface area (TPSA) is 72.3 Å². The molecule has 0 aromatic carbocycles. The molecule has 16 heavy (non-hydrogen) atoms. The monoisotopic (exact) mass is 227 g/mol. The molecule has 1 amide bonds. The molecule has 1 aliphatic carbocycles. The number of primary amides is 1. The molecule has 0 bridgehead atoms. The second-order valence-electron chi connectivity index (χ2n) is 4.69. The van der Waals surface area contributed by atoms with E-state index in [1.54, 1.807) is 0 Å². The molecule has 0 radical (unpaired) electrons. The molecule has 94 valence electrons. The minimum Gasteiger partial charge on any atom is -0.370 e. The average Bonchev–Trinajstić information content (AvgIpc) is 2.30. The SMILES string of the molecule is CCN(CCC(N)=O)C1CCCCC1CN. The van der Waals surface area contributed by atoms with E-state index >= 15 is 0 Å². The van der Waals surface area contributed by atoms with Crippen LogP contribution in [0.5, 0.6) is 0 Å². The van der Waals surface area contributed by atoms with E-state index in [1.807, 2.05) is 0 Å². The summed E-state index contributed by atoms with van der Waals surface area (Å²) in [7, 11) is 0. The molecule has 1 saturated carbocycles. The normalized spacial score (nSPS) is 25.9. The Hall–Kier alpha value is -0.610. The van der Waals surface area contributed by atoms with Gasteiger partial charge in [0.2, 0.25) is 5.91 Å². The Kier molecular flexibility index (Phi) is 5.77. The van der Waals surface area contributed by atoms with Gasteiger partial charge in [0.1, 0.15) is 0 Å². The van der Waals surface area contributed by atoms with Crippen molar-refractivity contribution in [2.24, 2.45) is 17.4 Å². The number of nitrogens with two attached hydrogens (primary N) is 2. The van der Waals surface area contributed by atoms with Crippen LogP contribution in [0.25, 0.3) is 0 Å². The minimum atomic E-state index is -0.210. The smallest absolute Gasteiger partial charge is 0.218 e. The van der Waals surface area contributed by atoms with Crippen LogP contribution in [0, 0.1) is 5.92 Å². The van der Waals surface area contributed by atoms with Gasteiger partial charge in [0, 0.05) is 19.0 Å². The second kappa shape index (κ2) is 6.86. The second-order valence-corrected chi connectivity index (χ2v) is 4.69. The molecule has 0 spiro atoms. The van der Waals surface area contributed by atoms with E-state index in [0.717, 1.165) is 19.6 Å². The van der Waals surface area contributed by atoms with Crippen molar-refractivity contribution >= 4 is 5.91 Å². The molecule has 4 nitrogen and oxygen atoms in total. The van der Waals surface area contributed by atoms with Crippen molar-refractivity contribution < 1.29 is 4.79 Å². The fourth-order valence-electron chi connectivity index (χ4n) is 2.76. The third kappa shape index (κ3) is 3.76. The first-order chi connectivity index (χ1) is 7.69. The molecule has 0 heterocycles. The highest BCUT2D eigenvalue weighted by molar-refractivity contribution is 5.73. The van der Waals surface area contributed by atoms with Gasteiger partial charge in [-0.15, -0.1) is 0 Å². The van der Waals surface area contributed by atoms with Crippen LogP contribution in [0.1, 0.15) is 39.0 Å². The maximum Gasteiger partial charge on any atom is 0.218 e. The molecule has 1 rings (SSSR count). The summed E-state index contributed by atoms with van der Waals surface area (Å²) < 4.78 is 0. The van der Waals surface area contributed by atoms with Crippen molar-refractivity contribution in [1.82, 2.24) is 4.90 Å². The van der Waals surface area contributed by atoms with E-state index in [0.29, 0.717) is 18.4 Å². The maximum atomic E-state index is 10.8. The zero-order valence-corrected chi connectivity index (χ0v) is 10.3. The summed E-state index contributed by atoms with van der Waals surface area (Å²) in [4.78, 5) is 13.2. The van der Waals surface area contributed by atoms with Crippen LogP contribution in [0.3, 0.4) is 0 Å². The van der Waals surface area contributed by atoms with E-state index in [2.05, 4.69) is 11.8 Å². The first kappa shape index (κ1) is 13.5. The van der Waals surface area contributed by atoms with Crippen LogP contribution in [0.15, 0.2) is 0 Å². The molecule has 4 N–H and O–H groups in total. The van der Waals surface area contributed by atoms with Crippen molar-refractivity contribution in [3.8, 4) is 0 Å². The average molecular weight is 227 g/mol. The van der Waals surface area contributed by atoms with Gasteiger partial charge in [-0.25, -0.2) is 0 Å². The predicted molar refractivity (Wildman–Crippen MR) is 65.9 cm³/mol. The molecule has 1 aliphatic rings. The zero-order chi connectivity index (χ0) is 12.0. The summed E-state index contributed by atoms with van der Waals surface area (Å²) in [6, 6.07) is 0.558. The summed E-state index contributed by atoms with van der Waals surface area (Å²) in [5.74, 6) is 0.389. The molecule has 2 atom stereocenters. The van der Waals surface area contributed by atoms with Gasteiger partial charge < -0.3 is 11.5 Å². The summed E-state index contributed by atoms with van der Waals surface area (Å²) in [6.07, 6.45) is 5.49. The molecule has 0 aromatic heterocycles. The number of hydrogen-bond acceptors (Lipinski definition) is 3. The fourth-order valence-corrected chi connectivity index (χ4v) is 2.76. The quantitative estimate of drug-likeness (QED) is 0.701. The van der Waals surface area contributed by atoms with Crippen molar-refractivity contribution in [3.05, 3.63) is 0 Å². The lowest BCUT2D eigenvalue weighted by Gasteiger charge is -2.39. The van der Waals surface area contributed by atoms with Gasteiger partial charge in [-0.1, -0.05) is 19.8 Å². The van der Waals surface area contributed by atoms with Crippen molar-refractivity contribution in [3.63, 3.8) is 0 Å². The van der Waals surface area contributed by atoms with Gasteiger partial charge in [-0.2, -0.15) is 0 Å². The van der Waals surface area contributed by atoms with Crippen LogP contribution in [0.4, 0.5) is 0 Å². The van der Waals surface area contributed by atoms with Crippen LogP contribution in [0.2, 0.25) is 0 Å². The van der Waals surface area contributed by atoms with E-state index in [4.69, 9.17) is 11.5 Å². The van der Waals surface area contributed by atoms with Gasteiger partial charge >= 0.3 is 0 Å². The Morgan fingerprint density at radius 1 is 1.38 bits per heavy atom. The highest BCUT2D eigenvalue weighted by atomic mass is 16.1. The van der Waals surface area contributed by atoms with Crippen LogP contribution < -0.4 is 11.5 Å². The number of rotatable bonds is 6. The Balaban J connectivity index is 2.51. The summed E-state index contributed by atoms with van der Waals surface area (Å²) in [5.41, 5.74) is 11.0. The highest BCUT2D eigenvalue weighted by Crippen LogP contribution is 2.27. The number of carbonyl (C=O) groups excluding carboxylic acids is 1. The van der Waals surface area contributed by atoms with Crippen LogP contribution in [-0.4, -0.2) is 36.5 Å². The lowest BCUT2D eigenvalue weighted by molar-refractivity contribution is -0.118. The first-order valence-electron chi connectivity index (χ1n) is 6.41. The van der Waals surface area contributed by atoms with Gasteiger partial charge in [-0.05, 0) is 31.8 Å². The van der Waals surface area contributed by atoms with Gasteiger partial charge in [-0.3, -0.25) is 9.69 Å². The molecule has 0 aromatic rings. The number of nitrogens with zero attached hydrogens (tertiary/aromatic N) is 1. The van der Waals surface area contributed by atoms with Crippen molar-refractivity contribution in [2.75, 3.05) is 19.6 Å². The maximum absolute atomic E-state index is 10.8. The summed E-state index contributed by atoms with van der Waals surface area (Å²) in [5, 5.41) is 0. The highest BCUT2D eigenvalue weighted by Gasteiger charge is 2.28. The van der Waals surface area contributed by atoms with Gasteiger partial charge in [0.25, 0.3) is 0 Å². The van der Waals surface area contributed by atoms with Crippen LogP contribution >= 0.6 is 0 Å². The largest absolute Gasteiger partial charge is 0.370 e. The molecule has 1 fully saturated rings. The van der Waals surface area contributed by atoms with Crippen molar-refractivity contribution in [1.29, 1.82) is 0 Å².